The number of piperidine rings is 1. The van der Waals surface area contributed by atoms with Crippen molar-refractivity contribution in [2.24, 2.45) is 11.3 Å². The Hall–Kier alpha value is -2.90. The molecule has 2 fully saturated rings. The molecule has 0 spiro atoms. The number of fused-ring (bicyclic) bond motifs is 2. The van der Waals surface area contributed by atoms with E-state index in [2.05, 4.69) is 28.1 Å². The Labute approximate surface area is 234 Å². The standard InChI is InChI=1S/C32H35ClN2O4/c1-38-28-11-16-34-30-29(28)22(20-25-26(31(21-36)12-13-31)5-2-6-27(25)39-30)4-3-17-35-18-14-32(37,15-19-35)23-7-9-24(33)10-8-23/h2,4-11,16,20,26,36-37H,3,12-15,17-19,21H2,1H3. The number of benzene rings is 1. The third-order valence-electron chi connectivity index (χ3n) is 8.82. The van der Waals surface area contributed by atoms with Crippen molar-refractivity contribution in [3.63, 3.8) is 0 Å². The molecule has 2 N–H and O–H groups in total. The van der Waals surface area contributed by atoms with Gasteiger partial charge in [0, 0.05) is 54.4 Å². The third kappa shape index (κ3) is 5.07. The average molecular weight is 547 g/mol. The van der Waals surface area contributed by atoms with Crippen molar-refractivity contribution in [2.75, 3.05) is 33.4 Å². The zero-order chi connectivity index (χ0) is 27.0. The Morgan fingerprint density at radius 1 is 1.15 bits per heavy atom. The van der Waals surface area contributed by atoms with Crippen LogP contribution in [-0.4, -0.2) is 53.4 Å². The van der Waals surface area contributed by atoms with Crippen molar-refractivity contribution in [3.8, 4) is 11.6 Å². The van der Waals surface area contributed by atoms with Gasteiger partial charge >= 0.3 is 0 Å². The molecule has 1 atom stereocenters. The van der Waals surface area contributed by atoms with Gasteiger partial charge < -0.3 is 24.6 Å². The van der Waals surface area contributed by atoms with Gasteiger partial charge in [-0.2, -0.15) is 0 Å². The van der Waals surface area contributed by atoms with Crippen LogP contribution in [0, 0.1) is 11.3 Å². The molecule has 204 valence electrons. The van der Waals surface area contributed by atoms with Gasteiger partial charge in [0.25, 0.3) is 0 Å². The molecule has 2 aromatic rings. The van der Waals surface area contributed by atoms with Crippen molar-refractivity contribution in [1.82, 2.24) is 9.88 Å². The van der Waals surface area contributed by atoms with Gasteiger partial charge in [0.15, 0.2) is 0 Å². The van der Waals surface area contributed by atoms with Crippen LogP contribution >= 0.6 is 11.6 Å². The number of pyridine rings is 1. The Kier molecular flexibility index (Phi) is 7.15. The lowest BCUT2D eigenvalue weighted by molar-refractivity contribution is -0.0254. The highest BCUT2D eigenvalue weighted by atomic mass is 35.5. The van der Waals surface area contributed by atoms with E-state index in [-0.39, 0.29) is 17.9 Å². The quantitative estimate of drug-likeness (QED) is 0.466. The molecule has 1 saturated heterocycles. The second-order valence-electron chi connectivity index (χ2n) is 11.1. The van der Waals surface area contributed by atoms with Crippen molar-refractivity contribution in [3.05, 3.63) is 94.4 Å². The first kappa shape index (κ1) is 26.3. The highest BCUT2D eigenvalue weighted by Crippen LogP contribution is 2.57. The number of rotatable bonds is 7. The van der Waals surface area contributed by atoms with Crippen LogP contribution in [0.2, 0.25) is 5.02 Å². The van der Waals surface area contributed by atoms with E-state index in [1.807, 2.05) is 42.5 Å². The molecule has 6 rings (SSSR count). The van der Waals surface area contributed by atoms with Gasteiger partial charge in [-0.25, -0.2) is 4.98 Å². The first-order valence-electron chi connectivity index (χ1n) is 13.8. The van der Waals surface area contributed by atoms with Gasteiger partial charge in [-0.05, 0) is 73.6 Å². The summed E-state index contributed by atoms with van der Waals surface area (Å²) < 4.78 is 12.1. The first-order valence-corrected chi connectivity index (χ1v) is 14.2. The van der Waals surface area contributed by atoms with Crippen molar-refractivity contribution >= 4 is 17.2 Å². The molecular formula is C32H35ClN2O4. The molecule has 39 heavy (non-hydrogen) atoms. The summed E-state index contributed by atoms with van der Waals surface area (Å²) in [7, 11) is 1.67. The van der Waals surface area contributed by atoms with Crippen molar-refractivity contribution in [1.29, 1.82) is 0 Å². The summed E-state index contributed by atoms with van der Waals surface area (Å²) in [6, 6.07) is 9.42. The lowest BCUT2D eigenvalue weighted by Gasteiger charge is -2.38. The zero-order valence-electron chi connectivity index (χ0n) is 22.3. The molecule has 0 bridgehead atoms. The number of nitrogens with zero attached hydrogens (tertiary/aromatic N) is 2. The largest absolute Gasteiger partial charge is 0.496 e. The van der Waals surface area contributed by atoms with E-state index >= 15 is 0 Å². The predicted molar refractivity (Wildman–Crippen MR) is 153 cm³/mol. The van der Waals surface area contributed by atoms with E-state index in [0.717, 1.165) is 72.7 Å². The number of hydrogen-bond acceptors (Lipinski definition) is 6. The maximum Gasteiger partial charge on any atom is 0.230 e. The number of methoxy groups -OCH3 is 1. The molecule has 3 heterocycles. The van der Waals surface area contributed by atoms with Crippen LogP contribution < -0.4 is 9.47 Å². The fourth-order valence-corrected chi connectivity index (χ4v) is 6.29. The second-order valence-corrected chi connectivity index (χ2v) is 11.6. The minimum absolute atomic E-state index is 0.0962. The number of aromatic nitrogens is 1. The number of aliphatic hydroxyl groups is 2. The van der Waals surface area contributed by atoms with Gasteiger partial charge in [-0.1, -0.05) is 42.0 Å². The zero-order valence-corrected chi connectivity index (χ0v) is 23.0. The molecule has 7 heteroatoms. The Morgan fingerprint density at radius 3 is 2.62 bits per heavy atom. The van der Waals surface area contributed by atoms with Crippen LogP contribution in [0.4, 0.5) is 0 Å². The van der Waals surface area contributed by atoms with Crippen LogP contribution in [0.5, 0.6) is 11.6 Å². The number of allylic oxidation sites excluding steroid dienone is 6. The smallest absolute Gasteiger partial charge is 0.230 e. The van der Waals surface area contributed by atoms with E-state index in [1.54, 1.807) is 13.3 Å². The topological polar surface area (TPSA) is 75.1 Å². The summed E-state index contributed by atoms with van der Waals surface area (Å²) in [6.45, 7) is 2.70. The second kappa shape index (κ2) is 10.6. The van der Waals surface area contributed by atoms with E-state index in [4.69, 9.17) is 21.1 Å². The maximum atomic E-state index is 11.3. The minimum atomic E-state index is -0.807. The van der Waals surface area contributed by atoms with Gasteiger partial charge in [0.1, 0.15) is 11.5 Å². The summed E-state index contributed by atoms with van der Waals surface area (Å²) in [6.07, 6.45) is 16.6. The summed E-state index contributed by atoms with van der Waals surface area (Å²) >= 11 is 6.04. The highest BCUT2D eigenvalue weighted by molar-refractivity contribution is 6.30. The van der Waals surface area contributed by atoms with E-state index in [9.17, 15) is 10.2 Å². The van der Waals surface area contributed by atoms with Crippen molar-refractivity contribution < 1.29 is 19.7 Å². The molecule has 2 aliphatic carbocycles. The van der Waals surface area contributed by atoms with Gasteiger partial charge in [0.05, 0.1) is 18.3 Å². The fourth-order valence-electron chi connectivity index (χ4n) is 6.17. The maximum absolute atomic E-state index is 11.3. The molecule has 4 aliphatic rings. The SMILES string of the molecule is COc1ccnc2c1C(=CCCN1CCC(O)(c3ccc(Cl)cc3)CC1)C=C1C(=CC=CC1C1(CO)CC1)O2. The monoisotopic (exact) mass is 546 g/mol. The van der Waals surface area contributed by atoms with Crippen LogP contribution in [0.25, 0.3) is 5.57 Å². The van der Waals surface area contributed by atoms with E-state index in [1.165, 1.54) is 0 Å². The van der Waals surface area contributed by atoms with Crippen LogP contribution in [-0.2, 0) is 5.60 Å². The lowest BCUT2D eigenvalue weighted by Crippen LogP contribution is -2.42. The Morgan fingerprint density at radius 2 is 1.92 bits per heavy atom. The van der Waals surface area contributed by atoms with Gasteiger partial charge in [0.2, 0.25) is 5.88 Å². The summed E-state index contributed by atoms with van der Waals surface area (Å²) in [5.41, 5.74) is 2.98. The first-order chi connectivity index (χ1) is 18.9. The third-order valence-corrected chi connectivity index (χ3v) is 9.07. The number of halogens is 1. The summed E-state index contributed by atoms with van der Waals surface area (Å²) in [5.74, 6) is 2.14. The molecule has 2 aliphatic heterocycles. The summed E-state index contributed by atoms with van der Waals surface area (Å²) in [5, 5.41) is 22.1. The molecule has 0 radical (unpaired) electrons. The lowest BCUT2D eigenvalue weighted by atomic mass is 9.79. The molecular weight excluding hydrogens is 512 g/mol. The van der Waals surface area contributed by atoms with E-state index in [0.29, 0.717) is 23.7 Å². The predicted octanol–water partition coefficient (Wildman–Crippen LogP) is 5.66. The molecule has 1 aromatic heterocycles. The molecule has 1 aromatic carbocycles. The number of aliphatic hydroxyl groups excluding tert-OH is 1. The van der Waals surface area contributed by atoms with Crippen LogP contribution in [0.1, 0.15) is 43.2 Å². The van der Waals surface area contributed by atoms with Crippen LogP contribution in [0.15, 0.2) is 78.2 Å². The molecule has 1 saturated carbocycles. The number of ether oxygens (including phenoxy) is 2. The number of hydrogen-bond donors (Lipinski definition) is 2. The van der Waals surface area contributed by atoms with Crippen molar-refractivity contribution in [2.45, 2.75) is 37.7 Å². The molecule has 1 unspecified atom stereocenters. The van der Waals surface area contributed by atoms with Gasteiger partial charge in [-0.15, -0.1) is 0 Å². The Bertz CT molecular complexity index is 1350. The molecule has 6 nitrogen and oxygen atoms in total. The fraction of sp³-hybridized carbons (Fsp3) is 0.406. The normalized spacial score (nSPS) is 24.1. The van der Waals surface area contributed by atoms with Gasteiger partial charge in [-0.3, -0.25) is 0 Å². The van der Waals surface area contributed by atoms with Crippen LogP contribution in [0.3, 0.4) is 0 Å². The van der Waals surface area contributed by atoms with E-state index < -0.39 is 5.60 Å². The minimum Gasteiger partial charge on any atom is -0.496 e. The average Bonchev–Trinajstić information content (AvgIpc) is 3.77. The summed E-state index contributed by atoms with van der Waals surface area (Å²) in [4.78, 5) is 6.97. The Balaban J connectivity index is 1.23. The molecule has 0 amide bonds. The number of likely N-dealkylation sites (tertiary alicyclic amines) is 1. The highest BCUT2D eigenvalue weighted by Gasteiger charge is 2.50.